The first kappa shape index (κ1) is 18.9. The topological polar surface area (TPSA) is 66.8 Å². The molecule has 2 rings (SSSR count). The summed E-state index contributed by atoms with van der Waals surface area (Å²) < 4.78 is 26.6. The lowest BCUT2D eigenvalue weighted by Gasteiger charge is -2.18. The summed E-state index contributed by atoms with van der Waals surface area (Å²) in [4.78, 5) is 11.4. The van der Waals surface area contributed by atoms with Gasteiger partial charge in [-0.25, -0.2) is 0 Å². The fourth-order valence-corrected chi connectivity index (χ4v) is 3.33. The van der Waals surface area contributed by atoms with Crippen molar-refractivity contribution in [3.8, 4) is 0 Å². The number of carbonyl (C=O) groups excluding carboxylic acids is 1. The van der Waals surface area contributed by atoms with Gasteiger partial charge in [-0.1, -0.05) is 47.5 Å². The number of nitrogens with zero attached hydrogens (tertiary/aromatic N) is 2. The van der Waals surface area contributed by atoms with Gasteiger partial charge in [0.05, 0.1) is 17.7 Å². The molecule has 0 heterocycles. The molecular weight excluding hydrogens is 336 g/mol. The fourth-order valence-electron chi connectivity index (χ4n) is 2.11. The number of rotatable bonds is 7. The first-order valence-corrected chi connectivity index (χ1v) is 9.42. The second kappa shape index (κ2) is 8.07. The van der Waals surface area contributed by atoms with Crippen molar-refractivity contribution in [2.75, 3.05) is 6.54 Å². The van der Waals surface area contributed by atoms with Gasteiger partial charge in [0.2, 0.25) is 0 Å². The molecule has 0 aliphatic heterocycles. The molecule has 6 heteroatoms. The Balaban J connectivity index is 2.32. The Labute approximate surface area is 149 Å². The molecule has 0 aliphatic rings. The third-order valence-electron chi connectivity index (χ3n) is 3.66. The summed E-state index contributed by atoms with van der Waals surface area (Å²) in [6.45, 7) is 5.30. The highest BCUT2D eigenvalue weighted by atomic mass is 32.2. The van der Waals surface area contributed by atoms with Crippen LogP contribution >= 0.6 is 0 Å². The van der Waals surface area contributed by atoms with Crippen molar-refractivity contribution in [1.82, 2.24) is 4.41 Å². The summed E-state index contributed by atoms with van der Waals surface area (Å²) in [6.07, 6.45) is 1.60. The number of hydrogen-bond acceptors (Lipinski definition) is 4. The van der Waals surface area contributed by atoms with Crippen LogP contribution in [0.15, 0.2) is 58.5 Å². The normalized spacial score (nSPS) is 11.6. The van der Waals surface area contributed by atoms with Gasteiger partial charge in [0, 0.05) is 6.42 Å². The average molecular weight is 358 g/mol. The van der Waals surface area contributed by atoms with Crippen molar-refractivity contribution in [2.45, 2.75) is 32.1 Å². The molecule has 0 amide bonds. The van der Waals surface area contributed by atoms with Crippen LogP contribution in [-0.4, -0.2) is 31.4 Å². The molecular formula is C19H22N2O3S. The lowest BCUT2D eigenvalue weighted by Crippen LogP contribution is -2.28. The molecule has 0 saturated heterocycles. The molecule has 2 aromatic rings. The van der Waals surface area contributed by atoms with Crippen molar-refractivity contribution >= 4 is 22.0 Å². The fraction of sp³-hybridized carbons (Fsp3) is 0.263. The van der Waals surface area contributed by atoms with Gasteiger partial charge >= 0.3 is 0 Å². The molecule has 0 saturated carbocycles. The summed E-state index contributed by atoms with van der Waals surface area (Å²) >= 11 is 0. The van der Waals surface area contributed by atoms with Gasteiger partial charge in [-0.2, -0.15) is 17.9 Å². The number of Topliss-reactive ketones (excluding diaryl/α,β-unsaturated/α-hetero) is 1. The molecule has 0 bridgehead atoms. The van der Waals surface area contributed by atoms with E-state index in [9.17, 15) is 13.2 Å². The van der Waals surface area contributed by atoms with Crippen molar-refractivity contribution in [2.24, 2.45) is 5.10 Å². The molecule has 0 unspecified atom stereocenters. The largest absolute Gasteiger partial charge is 0.300 e. The predicted molar refractivity (Wildman–Crippen MR) is 99.1 cm³/mol. The molecule has 2 aromatic carbocycles. The van der Waals surface area contributed by atoms with E-state index in [2.05, 4.69) is 5.10 Å². The van der Waals surface area contributed by atoms with Crippen molar-refractivity contribution in [3.05, 3.63) is 65.2 Å². The zero-order valence-electron chi connectivity index (χ0n) is 14.6. The van der Waals surface area contributed by atoms with Gasteiger partial charge in [-0.3, -0.25) is 4.79 Å². The first-order chi connectivity index (χ1) is 11.8. The van der Waals surface area contributed by atoms with Crippen LogP contribution in [0.3, 0.4) is 0 Å². The van der Waals surface area contributed by atoms with Gasteiger partial charge < -0.3 is 0 Å². The van der Waals surface area contributed by atoms with Gasteiger partial charge in [0.15, 0.2) is 0 Å². The lowest BCUT2D eigenvalue weighted by molar-refractivity contribution is -0.117. The quantitative estimate of drug-likeness (QED) is 0.563. The van der Waals surface area contributed by atoms with Gasteiger partial charge in [0.25, 0.3) is 10.0 Å². The Bertz CT molecular complexity index is 855. The highest BCUT2D eigenvalue weighted by molar-refractivity contribution is 7.89. The van der Waals surface area contributed by atoms with Gasteiger partial charge in [-0.15, -0.1) is 0 Å². The smallest absolute Gasteiger partial charge is 0.279 e. The first-order valence-electron chi connectivity index (χ1n) is 7.98. The zero-order chi connectivity index (χ0) is 18.4. The minimum atomic E-state index is -3.81. The van der Waals surface area contributed by atoms with Crippen LogP contribution in [-0.2, 0) is 14.8 Å². The summed E-state index contributed by atoms with van der Waals surface area (Å²) in [6, 6.07) is 14.1. The van der Waals surface area contributed by atoms with E-state index in [0.29, 0.717) is 0 Å². The molecule has 0 spiro atoms. The number of ketones is 1. The van der Waals surface area contributed by atoms with Gasteiger partial charge in [0.1, 0.15) is 5.78 Å². The third-order valence-corrected chi connectivity index (χ3v) is 5.36. The monoisotopic (exact) mass is 358 g/mol. The van der Waals surface area contributed by atoms with Crippen LogP contribution < -0.4 is 0 Å². The Kier molecular flexibility index (Phi) is 6.09. The minimum Gasteiger partial charge on any atom is -0.300 e. The van der Waals surface area contributed by atoms with E-state index in [1.165, 1.54) is 13.1 Å². The molecule has 0 fully saturated rings. The summed E-state index contributed by atoms with van der Waals surface area (Å²) in [5, 5.41) is 4.13. The molecule has 0 atom stereocenters. The Hall–Kier alpha value is -2.47. The van der Waals surface area contributed by atoms with Gasteiger partial charge in [-0.05, 0) is 38.5 Å². The van der Waals surface area contributed by atoms with Crippen molar-refractivity contribution in [3.63, 3.8) is 0 Å². The number of carbonyl (C=O) groups is 1. The molecule has 0 aromatic heterocycles. The molecule has 25 heavy (non-hydrogen) atoms. The van der Waals surface area contributed by atoms with Crippen LogP contribution in [0.2, 0.25) is 0 Å². The van der Waals surface area contributed by atoms with Crippen LogP contribution in [0.5, 0.6) is 0 Å². The highest BCUT2D eigenvalue weighted by Crippen LogP contribution is 2.17. The van der Waals surface area contributed by atoms with E-state index in [4.69, 9.17) is 0 Å². The zero-order valence-corrected chi connectivity index (χ0v) is 15.5. The molecule has 0 N–H and O–H groups in total. The summed E-state index contributed by atoms with van der Waals surface area (Å²) in [7, 11) is -3.81. The summed E-state index contributed by atoms with van der Waals surface area (Å²) in [5.41, 5.74) is 2.87. The molecule has 5 nitrogen and oxygen atoms in total. The number of hydrazone groups is 1. The lowest BCUT2D eigenvalue weighted by atomic mass is 10.2. The van der Waals surface area contributed by atoms with Crippen LogP contribution in [0.4, 0.5) is 0 Å². The minimum absolute atomic E-state index is 0.00784. The molecule has 0 radical (unpaired) electrons. The maximum absolute atomic E-state index is 12.8. The highest BCUT2D eigenvalue weighted by Gasteiger charge is 2.23. The van der Waals surface area contributed by atoms with E-state index >= 15 is 0 Å². The SMILES string of the molecule is CC(=O)CCN(/N=C\c1ccc(C)cc1)S(=O)(=O)c1ccc(C)cc1. The van der Waals surface area contributed by atoms with E-state index in [1.54, 1.807) is 24.3 Å². The second-order valence-electron chi connectivity index (χ2n) is 5.97. The number of benzene rings is 2. The predicted octanol–water partition coefficient (Wildman–Crippen LogP) is 3.31. The summed E-state index contributed by atoms with van der Waals surface area (Å²) in [5.74, 6) is -0.0883. The second-order valence-corrected chi connectivity index (χ2v) is 7.81. The number of hydrogen-bond donors (Lipinski definition) is 0. The van der Waals surface area contributed by atoms with Crippen molar-refractivity contribution < 1.29 is 13.2 Å². The molecule has 0 aliphatic carbocycles. The van der Waals surface area contributed by atoms with Crippen molar-refractivity contribution in [1.29, 1.82) is 0 Å². The Morgan fingerprint density at radius 2 is 1.52 bits per heavy atom. The Morgan fingerprint density at radius 1 is 1.00 bits per heavy atom. The van der Waals surface area contributed by atoms with Crippen LogP contribution in [0, 0.1) is 13.8 Å². The number of aryl methyl sites for hydroxylation is 2. The maximum Gasteiger partial charge on any atom is 0.279 e. The standard InChI is InChI=1S/C19H22N2O3S/c1-15-4-8-18(9-5-15)14-20-21(13-12-17(3)22)25(23,24)19-10-6-16(2)7-11-19/h4-11,14H,12-13H2,1-3H3/b20-14-. The molecule has 132 valence electrons. The van der Waals surface area contributed by atoms with E-state index in [0.717, 1.165) is 21.1 Å². The third kappa shape index (κ3) is 5.26. The maximum atomic E-state index is 12.8. The van der Waals surface area contributed by atoms with Crippen LogP contribution in [0.25, 0.3) is 0 Å². The average Bonchev–Trinajstić information content (AvgIpc) is 2.56. The Morgan fingerprint density at radius 3 is 2.04 bits per heavy atom. The van der Waals surface area contributed by atoms with Crippen LogP contribution in [0.1, 0.15) is 30.0 Å². The van der Waals surface area contributed by atoms with E-state index in [1.807, 2.05) is 38.1 Å². The van der Waals surface area contributed by atoms with E-state index in [-0.39, 0.29) is 23.6 Å². The van der Waals surface area contributed by atoms with E-state index < -0.39 is 10.0 Å². The number of sulfonamides is 1.